The van der Waals surface area contributed by atoms with Gasteiger partial charge in [0.05, 0.1) is 18.8 Å². The van der Waals surface area contributed by atoms with Gasteiger partial charge in [0, 0.05) is 6.07 Å². The SMILES string of the molecule is CCOc1ccc(C(C)=O)c(OCC)n1. The van der Waals surface area contributed by atoms with Crippen molar-refractivity contribution >= 4 is 5.78 Å². The van der Waals surface area contributed by atoms with E-state index in [0.29, 0.717) is 30.5 Å². The van der Waals surface area contributed by atoms with Gasteiger partial charge in [-0.1, -0.05) is 0 Å². The number of ketones is 1. The first-order chi connectivity index (χ1) is 7.19. The van der Waals surface area contributed by atoms with E-state index in [1.54, 1.807) is 12.1 Å². The lowest BCUT2D eigenvalue weighted by Gasteiger charge is -2.08. The van der Waals surface area contributed by atoms with Crippen molar-refractivity contribution in [3.8, 4) is 11.8 Å². The van der Waals surface area contributed by atoms with Gasteiger partial charge in [-0.3, -0.25) is 4.79 Å². The van der Waals surface area contributed by atoms with Crippen LogP contribution in [-0.2, 0) is 0 Å². The fourth-order valence-electron chi connectivity index (χ4n) is 1.17. The monoisotopic (exact) mass is 209 g/mol. The zero-order valence-electron chi connectivity index (χ0n) is 9.24. The third-order valence-corrected chi connectivity index (χ3v) is 1.79. The zero-order chi connectivity index (χ0) is 11.3. The van der Waals surface area contributed by atoms with Crippen LogP contribution in [0.3, 0.4) is 0 Å². The Balaban J connectivity index is 3.03. The van der Waals surface area contributed by atoms with E-state index in [4.69, 9.17) is 9.47 Å². The number of pyridine rings is 1. The predicted octanol–water partition coefficient (Wildman–Crippen LogP) is 2.08. The number of aromatic nitrogens is 1. The molecule has 0 radical (unpaired) electrons. The number of rotatable bonds is 5. The minimum Gasteiger partial charge on any atom is -0.478 e. The lowest BCUT2D eigenvalue weighted by atomic mass is 10.2. The molecular weight excluding hydrogens is 194 g/mol. The van der Waals surface area contributed by atoms with Gasteiger partial charge >= 0.3 is 0 Å². The van der Waals surface area contributed by atoms with E-state index in [1.165, 1.54) is 6.92 Å². The summed E-state index contributed by atoms with van der Waals surface area (Å²) in [4.78, 5) is 15.4. The van der Waals surface area contributed by atoms with Gasteiger partial charge < -0.3 is 9.47 Å². The summed E-state index contributed by atoms with van der Waals surface area (Å²) in [7, 11) is 0. The van der Waals surface area contributed by atoms with Crippen LogP contribution >= 0.6 is 0 Å². The Kier molecular flexibility index (Phi) is 4.09. The molecule has 0 amide bonds. The van der Waals surface area contributed by atoms with Crippen LogP contribution in [0.4, 0.5) is 0 Å². The van der Waals surface area contributed by atoms with Crippen molar-refractivity contribution in [3.05, 3.63) is 17.7 Å². The molecule has 0 aliphatic rings. The van der Waals surface area contributed by atoms with Gasteiger partial charge in [-0.2, -0.15) is 4.98 Å². The third kappa shape index (κ3) is 2.94. The van der Waals surface area contributed by atoms with Crippen LogP contribution in [0.1, 0.15) is 31.1 Å². The molecule has 0 saturated carbocycles. The fourth-order valence-corrected chi connectivity index (χ4v) is 1.17. The van der Waals surface area contributed by atoms with Gasteiger partial charge in [0.15, 0.2) is 5.78 Å². The molecule has 4 nitrogen and oxygen atoms in total. The molecule has 1 aromatic heterocycles. The first-order valence-corrected chi connectivity index (χ1v) is 4.96. The summed E-state index contributed by atoms with van der Waals surface area (Å²) < 4.78 is 10.5. The van der Waals surface area contributed by atoms with Gasteiger partial charge in [-0.15, -0.1) is 0 Å². The van der Waals surface area contributed by atoms with Crippen LogP contribution in [0.2, 0.25) is 0 Å². The molecule has 0 aliphatic carbocycles. The van der Waals surface area contributed by atoms with Crippen LogP contribution in [0, 0.1) is 0 Å². The Labute approximate surface area is 89.2 Å². The van der Waals surface area contributed by atoms with Crippen LogP contribution in [-0.4, -0.2) is 24.0 Å². The summed E-state index contributed by atoms with van der Waals surface area (Å²) in [5.41, 5.74) is 0.486. The summed E-state index contributed by atoms with van der Waals surface area (Å²) >= 11 is 0. The van der Waals surface area contributed by atoms with Crippen LogP contribution in [0.5, 0.6) is 11.8 Å². The smallest absolute Gasteiger partial charge is 0.227 e. The summed E-state index contributed by atoms with van der Waals surface area (Å²) in [6.07, 6.45) is 0. The lowest BCUT2D eigenvalue weighted by molar-refractivity contribution is 0.101. The Bertz CT molecular complexity index is 350. The lowest BCUT2D eigenvalue weighted by Crippen LogP contribution is -2.04. The summed E-state index contributed by atoms with van der Waals surface area (Å²) in [5.74, 6) is 0.760. The standard InChI is InChI=1S/C11H15NO3/c1-4-14-10-7-6-9(8(3)13)11(12-10)15-5-2/h6-7H,4-5H2,1-3H3. The molecule has 4 heteroatoms. The van der Waals surface area contributed by atoms with Crippen LogP contribution in [0.15, 0.2) is 12.1 Å². The molecule has 0 spiro atoms. The van der Waals surface area contributed by atoms with Crippen molar-refractivity contribution in [2.45, 2.75) is 20.8 Å². The summed E-state index contributed by atoms with van der Waals surface area (Å²) in [6, 6.07) is 3.34. The van der Waals surface area contributed by atoms with Crippen LogP contribution in [0.25, 0.3) is 0 Å². The number of Topliss-reactive ketones (excluding diaryl/α,β-unsaturated/α-hetero) is 1. The van der Waals surface area contributed by atoms with E-state index in [0.717, 1.165) is 0 Å². The van der Waals surface area contributed by atoms with E-state index < -0.39 is 0 Å². The number of hydrogen-bond donors (Lipinski definition) is 0. The summed E-state index contributed by atoms with van der Waals surface area (Å²) in [6.45, 7) is 6.22. The van der Waals surface area contributed by atoms with E-state index >= 15 is 0 Å². The second kappa shape index (κ2) is 5.34. The van der Waals surface area contributed by atoms with Crippen molar-refractivity contribution in [1.82, 2.24) is 4.98 Å². The molecular formula is C11H15NO3. The number of nitrogens with zero attached hydrogens (tertiary/aromatic N) is 1. The molecule has 0 N–H and O–H groups in total. The molecule has 1 heterocycles. The van der Waals surface area contributed by atoms with Crippen molar-refractivity contribution < 1.29 is 14.3 Å². The van der Waals surface area contributed by atoms with Crippen molar-refractivity contribution in [2.75, 3.05) is 13.2 Å². The Hall–Kier alpha value is -1.58. The first-order valence-electron chi connectivity index (χ1n) is 4.96. The van der Waals surface area contributed by atoms with Gasteiger partial charge in [0.2, 0.25) is 11.8 Å². The zero-order valence-corrected chi connectivity index (χ0v) is 9.24. The van der Waals surface area contributed by atoms with Gasteiger partial charge in [-0.25, -0.2) is 0 Å². The second-order valence-corrected chi connectivity index (χ2v) is 2.92. The molecule has 82 valence electrons. The minimum atomic E-state index is -0.0611. The fraction of sp³-hybridized carbons (Fsp3) is 0.455. The van der Waals surface area contributed by atoms with Crippen molar-refractivity contribution in [1.29, 1.82) is 0 Å². The highest BCUT2D eigenvalue weighted by atomic mass is 16.5. The highest BCUT2D eigenvalue weighted by Crippen LogP contribution is 2.20. The molecule has 1 rings (SSSR count). The largest absolute Gasteiger partial charge is 0.478 e. The van der Waals surface area contributed by atoms with E-state index in [2.05, 4.69) is 4.98 Å². The van der Waals surface area contributed by atoms with Gasteiger partial charge in [0.25, 0.3) is 0 Å². The van der Waals surface area contributed by atoms with E-state index in [9.17, 15) is 4.79 Å². The molecule has 0 saturated heterocycles. The van der Waals surface area contributed by atoms with Crippen LogP contribution < -0.4 is 9.47 Å². The van der Waals surface area contributed by atoms with E-state index in [1.807, 2.05) is 13.8 Å². The van der Waals surface area contributed by atoms with Crippen molar-refractivity contribution in [2.24, 2.45) is 0 Å². The maximum Gasteiger partial charge on any atom is 0.227 e. The Morgan fingerprint density at radius 2 is 1.93 bits per heavy atom. The molecule has 0 atom stereocenters. The normalized spacial score (nSPS) is 9.80. The molecule has 0 unspecified atom stereocenters. The van der Waals surface area contributed by atoms with Crippen molar-refractivity contribution in [3.63, 3.8) is 0 Å². The maximum absolute atomic E-state index is 11.2. The number of hydrogen-bond acceptors (Lipinski definition) is 4. The average Bonchev–Trinajstić information content (AvgIpc) is 2.18. The molecule has 0 aromatic carbocycles. The molecule has 0 fully saturated rings. The third-order valence-electron chi connectivity index (χ3n) is 1.79. The minimum absolute atomic E-state index is 0.0611. The topological polar surface area (TPSA) is 48.4 Å². The Morgan fingerprint density at radius 3 is 2.47 bits per heavy atom. The van der Waals surface area contributed by atoms with Gasteiger partial charge in [-0.05, 0) is 26.8 Å². The van der Waals surface area contributed by atoms with Gasteiger partial charge in [0.1, 0.15) is 0 Å². The highest BCUT2D eigenvalue weighted by Gasteiger charge is 2.11. The number of carbonyl (C=O) groups is 1. The van der Waals surface area contributed by atoms with E-state index in [-0.39, 0.29) is 5.78 Å². The Morgan fingerprint density at radius 1 is 1.27 bits per heavy atom. The molecule has 0 aliphatic heterocycles. The number of carbonyl (C=O) groups excluding carboxylic acids is 1. The molecule has 15 heavy (non-hydrogen) atoms. The predicted molar refractivity (Wildman–Crippen MR) is 56.6 cm³/mol. The second-order valence-electron chi connectivity index (χ2n) is 2.92. The molecule has 1 aromatic rings. The first kappa shape index (κ1) is 11.5. The summed E-state index contributed by atoms with van der Waals surface area (Å²) in [5, 5.41) is 0. The molecule has 0 bridgehead atoms. The maximum atomic E-state index is 11.2. The average molecular weight is 209 g/mol. The number of ether oxygens (including phenoxy) is 2. The highest BCUT2D eigenvalue weighted by molar-refractivity contribution is 5.96. The quantitative estimate of drug-likeness (QED) is 0.696.